The zero-order valence-electron chi connectivity index (χ0n) is 11.4. The summed E-state index contributed by atoms with van der Waals surface area (Å²) < 4.78 is 13.6. The summed E-state index contributed by atoms with van der Waals surface area (Å²) >= 11 is 3.12. The van der Waals surface area contributed by atoms with Crippen LogP contribution in [0.3, 0.4) is 0 Å². The van der Waals surface area contributed by atoms with Gasteiger partial charge in [0.05, 0.1) is 4.47 Å². The second kappa shape index (κ2) is 5.41. The van der Waals surface area contributed by atoms with E-state index >= 15 is 0 Å². The van der Waals surface area contributed by atoms with Gasteiger partial charge in [-0.1, -0.05) is 36.4 Å². The predicted octanol–water partition coefficient (Wildman–Crippen LogP) is 5.28. The topological polar surface area (TPSA) is 17.1 Å². The van der Waals surface area contributed by atoms with Crippen LogP contribution < -0.4 is 0 Å². The van der Waals surface area contributed by atoms with Crippen molar-refractivity contribution >= 4 is 32.5 Å². The molecule has 0 spiro atoms. The second-order valence-electron chi connectivity index (χ2n) is 4.93. The molecular weight excluding hydrogens is 331 g/mol. The molecule has 0 N–H and O–H groups in total. The maximum Gasteiger partial charge on any atom is 0.193 e. The largest absolute Gasteiger partial charge is 0.289 e. The fourth-order valence-corrected chi connectivity index (χ4v) is 2.82. The highest BCUT2D eigenvalue weighted by atomic mass is 79.9. The SMILES string of the molecule is Cc1ccc(C(=O)c2ccc(F)c(Br)c2)c2ccccc12. The molecular formula is C18H12BrFO. The third-order valence-corrected chi connectivity index (χ3v) is 4.18. The summed E-state index contributed by atoms with van der Waals surface area (Å²) in [5.41, 5.74) is 2.23. The van der Waals surface area contributed by atoms with Gasteiger partial charge in [0.2, 0.25) is 0 Å². The number of carbonyl (C=O) groups excluding carboxylic acids is 1. The van der Waals surface area contributed by atoms with Crippen molar-refractivity contribution in [1.29, 1.82) is 0 Å². The van der Waals surface area contributed by atoms with Crippen LogP contribution in [-0.4, -0.2) is 5.78 Å². The minimum atomic E-state index is -0.375. The first-order valence-corrected chi connectivity index (χ1v) is 7.35. The highest BCUT2D eigenvalue weighted by molar-refractivity contribution is 9.10. The number of hydrogen-bond acceptors (Lipinski definition) is 1. The van der Waals surface area contributed by atoms with Crippen molar-refractivity contribution in [2.24, 2.45) is 0 Å². The molecule has 3 rings (SSSR count). The van der Waals surface area contributed by atoms with Gasteiger partial charge in [-0.3, -0.25) is 4.79 Å². The minimum Gasteiger partial charge on any atom is -0.289 e. The molecule has 0 fully saturated rings. The van der Waals surface area contributed by atoms with Crippen LogP contribution in [0.25, 0.3) is 10.8 Å². The first-order chi connectivity index (χ1) is 10.1. The van der Waals surface area contributed by atoms with Crippen LogP contribution in [0.2, 0.25) is 0 Å². The van der Waals surface area contributed by atoms with Crippen molar-refractivity contribution < 1.29 is 9.18 Å². The van der Waals surface area contributed by atoms with Crippen LogP contribution in [-0.2, 0) is 0 Å². The van der Waals surface area contributed by atoms with E-state index in [1.54, 1.807) is 0 Å². The molecule has 0 atom stereocenters. The van der Waals surface area contributed by atoms with E-state index in [2.05, 4.69) is 15.9 Å². The minimum absolute atomic E-state index is 0.105. The first-order valence-electron chi connectivity index (χ1n) is 6.56. The normalized spacial score (nSPS) is 10.8. The van der Waals surface area contributed by atoms with Gasteiger partial charge in [0.1, 0.15) is 5.82 Å². The van der Waals surface area contributed by atoms with Gasteiger partial charge in [-0.2, -0.15) is 0 Å². The molecule has 0 heterocycles. The molecule has 0 aromatic heterocycles. The molecule has 0 bridgehead atoms. The summed E-state index contributed by atoms with van der Waals surface area (Å²) in [6, 6.07) is 15.9. The molecule has 3 aromatic rings. The Labute approximate surface area is 130 Å². The van der Waals surface area contributed by atoms with Gasteiger partial charge in [0.25, 0.3) is 0 Å². The van der Waals surface area contributed by atoms with Gasteiger partial charge in [-0.25, -0.2) is 4.39 Å². The fourth-order valence-electron chi connectivity index (χ4n) is 2.44. The Morgan fingerprint density at radius 1 is 1.00 bits per heavy atom. The molecule has 0 saturated carbocycles. The summed E-state index contributed by atoms with van der Waals surface area (Å²) in [5, 5.41) is 1.98. The van der Waals surface area contributed by atoms with Gasteiger partial charge >= 0.3 is 0 Å². The highest BCUT2D eigenvalue weighted by Crippen LogP contribution is 2.26. The standard InChI is InChI=1S/C18H12BrFO/c1-11-6-8-15(14-5-3-2-4-13(11)14)18(21)12-7-9-17(20)16(19)10-12/h2-10H,1H3. The van der Waals surface area contributed by atoms with E-state index in [1.165, 1.54) is 18.2 Å². The maximum atomic E-state index is 13.3. The predicted molar refractivity (Wildman–Crippen MR) is 86.2 cm³/mol. The number of halogens is 2. The van der Waals surface area contributed by atoms with Crippen molar-refractivity contribution in [2.45, 2.75) is 6.92 Å². The van der Waals surface area contributed by atoms with Gasteiger partial charge < -0.3 is 0 Å². The van der Waals surface area contributed by atoms with Crippen LogP contribution in [0.1, 0.15) is 21.5 Å². The van der Waals surface area contributed by atoms with Crippen LogP contribution in [0.15, 0.2) is 59.1 Å². The third kappa shape index (κ3) is 2.49. The van der Waals surface area contributed by atoms with Crippen LogP contribution in [0.4, 0.5) is 4.39 Å². The van der Waals surface area contributed by atoms with Gasteiger partial charge in [-0.15, -0.1) is 0 Å². The smallest absolute Gasteiger partial charge is 0.193 e. The lowest BCUT2D eigenvalue weighted by Gasteiger charge is -2.09. The Hall–Kier alpha value is -2.00. The molecule has 1 nitrogen and oxygen atoms in total. The quantitative estimate of drug-likeness (QED) is 0.579. The number of fused-ring (bicyclic) bond motifs is 1. The lowest BCUT2D eigenvalue weighted by Crippen LogP contribution is -2.03. The lowest BCUT2D eigenvalue weighted by atomic mass is 9.95. The molecule has 21 heavy (non-hydrogen) atoms. The van der Waals surface area contributed by atoms with Crippen molar-refractivity contribution in [3.05, 3.63) is 81.6 Å². The maximum absolute atomic E-state index is 13.3. The van der Waals surface area contributed by atoms with Crippen molar-refractivity contribution in [3.63, 3.8) is 0 Å². The number of ketones is 1. The number of hydrogen-bond donors (Lipinski definition) is 0. The molecule has 3 aromatic carbocycles. The molecule has 104 valence electrons. The van der Waals surface area contributed by atoms with Gasteiger partial charge in [0.15, 0.2) is 5.78 Å². The number of rotatable bonds is 2. The molecule has 0 aliphatic heterocycles. The summed E-state index contributed by atoms with van der Waals surface area (Å²) in [6.45, 7) is 2.02. The fraction of sp³-hybridized carbons (Fsp3) is 0.0556. The highest BCUT2D eigenvalue weighted by Gasteiger charge is 2.14. The molecule has 0 saturated heterocycles. The number of carbonyl (C=O) groups is 1. The van der Waals surface area contributed by atoms with E-state index in [9.17, 15) is 9.18 Å². The van der Waals surface area contributed by atoms with E-state index in [-0.39, 0.29) is 11.6 Å². The van der Waals surface area contributed by atoms with E-state index in [0.29, 0.717) is 15.6 Å². The Balaban J connectivity index is 2.18. The summed E-state index contributed by atoms with van der Waals surface area (Å²) in [5.74, 6) is -0.479. The molecule has 0 amide bonds. The van der Waals surface area contributed by atoms with Crippen LogP contribution in [0, 0.1) is 12.7 Å². The summed E-state index contributed by atoms with van der Waals surface area (Å²) in [6.07, 6.45) is 0. The van der Waals surface area contributed by atoms with E-state index in [1.807, 2.05) is 43.3 Å². The van der Waals surface area contributed by atoms with Gasteiger partial charge in [-0.05, 0) is 57.4 Å². The Morgan fingerprint density at radius 2 is 1.71 bits per heavy atom. The zero-order valence-corrected chi connectivity index (χ0v) is 12.9. The molecule has 0 aliphatic carbocycles. The zero-order chi connectivity index (χ0) is 15.0. The van der Waals surface area contributed by atoms with E-state index in [0.717, 1.165) is 16.3 Å². The number of aryl methyl sites for hydroxylation is 1. The van der Waals surface area contributed by atoms with Gasteiger partial charge in [0, 0.05) is 11.1 Å². The Bertz CT molecular complexity index is 855. The van der Waals surface area contributed by atoms with E-state index < -0.39 is 0 Å². The molecule has 3 heteroatoms. The Morgan fingerprint density at radius 3 is 2.43 bits per heavy atom. The molecule has 0 unspecified atom stereocenters. The Kier molecular flexibility index (Phi) is 3.60. The number of benzene rings is 3. The van der Waals surface area contributed by atoms with Crippen LogP contribution >= 0.6 is 15.9 Å². The lowest BCUT2D eigenvalue weighted by molar-refractivity contribution is 0.104. The van der Waals surface area contributed by atoms with Crippen LogP contribution in [0.5, 0.6) is 0 Å². The second-order valence-corrected chi connectivity index (χ2v) is 5.79. The average Bonchev–Trinajstić information content (AvgIpc) is 2.50. The summed E-state index contributed by atoms with van der Waals surface area (Å²) in [4.78, 5) is 12.7. The average molecular weight is 343 g/mol. The molecule has 0 radical (unpaired) electrons. The van der Waals surface area contributed by atoms with E-state index in [4.69, 9.17) is 0 Å². The van der Waals surface area contributed by atoms with Crippen molar-refractivity contribution in [3.8, 4) is 0 Å². The monoisotopic (exact) mass is 342 g/mol. The first kappa shape index (κ1) is 14.0. The third-order valence-electron chi connectivity index (χ3n) is 3.57. The molecule has 0 aliphatic rings. The van der Waals surface area contributed by atoms with Crippen molar-refractivity contribution in [1.82, 2.24) is 0 Å². The van der Waals surface area contributed by atoms with Crippen molar-refractivity contribution in [2.75, 3.05) is 0 Å². The summed E-state index contributed by atoms with van der Waals surface area (Å²) in [7, 11) is 0.